The van der Waals surface area contributed by atoms with Crippen LogP contribution in [0.4, 0.5) is 11.4 Å². The van der Waals surface area contributed by atoms with Crippen LogP contribution in [0.15, 0.2) is 54.6 Å². The molecule has 2 N–H and O–H groups in total. The third kappa shape index (κ3) is 3.61. The van der Waals surface area contributed by atoms with Crippen LogP contribution >= 0.6 is 0 Å². The van der Waals surface area contributed by atoms with E-state index in [0.29, 0.717) is 22.6 Å². The highest BCUT2D eigenvalue weighted by atomic mass is 16.5. The smallest absolute Gasteiger partial charge is 0.276 e. The van der Waals surface area contributed by atoms with Gasteiger partial charge in [-0.25, -0.2) is 4.98 Å². The molecule has 0 saturated carbocycles. The molecule has 26 heavy (non-hydrogen) atoms. The third-order valence-corrected chi connectivity index (χ3v) is 3.92. The Balaban J connectivity index is 2.11. The summed E-state index contributed by atoms with van der Waals surface area (Å²) < 4.78 is 6.08. The van der Waals surface area contributed by atoms with Crippen molar-refractivity contribution < 1.29 is 9.53 Å². The summed E-state index contributed by atoms with van der Waals surface area (Å²) in [7, 11) is 1.72. The number of nitrogens with two attached hydrogens (primary N) is 1. The molecule has 0 radical (unpaired) electrons. The number of amides is 1. The molecule has 0 unspecified atom stereocenters. The van der Waals surface area contributed by atoms with Gasteiger partial charge in [0, 0.05) is 24.2 Å². The summed E-state index contributed by atoms with van der Waals surface area (Å²) in [5, 5.41) is 0.791. The Kier molecular flexibility index (Phi) is 4.55. The van der Waals surface area contributed by atoms with E-state index >= 15 is 0 Å². The Morgan fingerprint density at radius 3 is 2.42 bits per heavy atom. The van der Waals surface area contributed by atoms with E-state index < -0.39 is 5.60 Å². The number of ether oxygens (including phenoxy) is 1. The quantitative estimate of drug-likeness (QED) is 0.717. The lowest BCUT2D eigenvalue weighted by Gasteiger charge is -2.23. The van der Waals surface area contributed by atoms with Crippen molar-refractivity contribution in [2.75, 3.05) is 17.7 Å². The Morgan fingerprint density at radius 1 is 1.08 bits per heavy atom. The number of nitrogen functional groups attached to an aromatic ring is 1. The molecule has 0 saturated heterocycles. The summed E-state index contributed by atoms with van der Waals surface area (Å²) in [4.78, 5) is 19.1. The molecule has 3 rings (SSSR count). The SMILES string of the molecule is CN(C(=O)c1cc(OC(C)(C)C)c2cccc(N)c2n1)c1ccccc1. The third-order valence-electron chi connectivity index (χ3n) is 3.92. The van der Waals surface area contributed by atoms with Gasteiger partial charge < -0.3 is 15.4 Å². The number of carbonyl (C=O) groups excluding carboxylic acids is 1. The van der Waals surface area contributed by atoms with Crippen LogP contribution in [0.5, 0.6) is 5.75 Å². The minimum atomic E-state index is -0.412. The second kappa shape index (κ2) is 6.67. The van der Waals surface area contributed by atoms with Crippen LogP contribution < -0.4 is 15.4 Å². The van der Waals surface area contributed by atoms with Crippen LogP contribution in [0.1, 0.15) is 31.3 Å². The van der Waals surface area contributed by atoms with Gasteiger partial charge in [-0.2, -0.15) is 0 Å². The average Bonchev–Trinajstić information content (AvgIpc) is 2.60. The van der Waals surface area contributed by atoms with Crippen LogP contribution in [-0.2, 0) is 0 Å². The zero-order valence-electron chi connectivity index (χ0n) is 15.5. The Bertz CT molecular complexity index is 947. The van der Waals surface area contributed by atoms with Gasteiger partial charge in [0.25, 0.3) is 5.91 Å². The number of pyridine rings is 1. The van der Waals surface area contributed by atoms with Crippen molar-refractivity contribution in [3.8, 4) is 5.75 Å². The first-order valence-electron chi connectivity index (χ1n) is 8.47. The second-order valence-corrected chi connectivity index (χ2v) is 7.16. The van der Waals surface area contributed by atoms with Crippen molar-refractivity contribution in [2.45, 2.75) is 26.4 Å². The van der Waals surface area contributed by atoms with Crippen molar-refractivity contribution in [3.63, 3.8) is 0 Å². The molecule has 0 aliphatic heterocycles. The van der Waals surface area contributed by atoms with Crippen LogP contribution in [0, 0.1) is 0 Å². The maximum absolute atomic E-state index is 13.0. The molecule has 0 fully saturated rings. The number of carbonyl (C=O) groups is 1. The highest BCUT2D eigenvalue weighted by molar-refractivity contribution is 6.07. The van der Waals surface area contributed by atoms with Crippen molar-refractivity contribution in [3.05, 3.63) is 60.3 Å². The number of aromatic nitrogens is 1. The first-order valence-corrected chi connectivity index (χ1v) is 8.47. The Morgan fingerprint density at radius 2 is 1.77 bits per heavy atom. The molecular weight excluding hydrogens is 326 g/mol. The lowest BCUT2D eigenvalue weighted by molar-refractivity contribution is 0.0985. The fraction of sp³-hybridized carbons (Fsp3) is 0.238. The Hall–Kier alpha value is -3.08. The molecule has 1 amide bonds. The molecule has 0 spiro atoms. The Labute approximate surface area is 153 Å². The highest BCUT2D eigenvalue weighted by Gasteiger charge is 2.21. The fourth-order valence-electron chi connectivity index (χ4n) is 2.70. The molecule has 134 valence electrons. The molecule has 0 bridgehead atoms. The van der Waals surface area contributed by atoms with E-state index in [1.54, 1.807) is 24.1 Å². The lowest BCUT2D eigenvalue weighted by atomic mass is 10.1. The summed E-state index contributed by atoms with van der Waals surface area (Å²) >= 11 is 0. The summed E-state index contributed by atoms with van der Waals surface area (Å²) in [5.74, 6) is 0.375. The normalized spacial score (nSPS) is 11.4. The maximum Gasteiger partial charge on any atom is 0.276 e. The monoisotopic (exact) mass is 349 g/mol. The number of fused-ring (bicyclic) bond motifs is 1. The number of para-hydroxylation sites is 2. The number of hydrogen-bond donors (Lipinski definition) is 1. The molecule has 0 atom stereocenters. The van der Waals surface area contributed by atoms with Gasteiger partial charge in [0.1, 0.15) is 17.0 Å². The van der Waals surface area contributed by atoms with Crippen molar-refractivity contribution in [1.29, 1.82) is 0 Å². The van der Waals surface area contributed by atoms with Gasteiger partial charge in [-0.05, 0) is 45.0 Å². The molecule has 1 heterocycles. The predicted octanol–water partition coefficient (Wildman–Crippen LogP) is 4.27. The van der Waals surface area contributed by atoms with E-state index in [-0.39, 0.29) is 5.91 Å². The minimum Gasteiger partial charge on any atom is -0.487 e. The number of benzene rings is 2. The standard InChI is InChI=1S/C21H23N3O2/c1-21(2,3)26-18-13-17(23-19-15(18)11-8-12-16(19)22)20(25)24(4)14-9-6-5-7-10-14/h5-13H,22H2,1-4H3. The van der Waals surface area contributed by atoms with Gasteiger partial charge in [-0.15, -0.1) is 0 Å². The number of hydrogen-bond acceptors (Lipinski definition) is 4. The largest absolute Gasteiger partial charge is 0.487 e. The molecular formula is C21H23N3O2. The van der Waals surface area contributed by atoms with Gasteiger partial charge in [0.05, 0.1) is 11.2 Å². The first-order chi connectivity index (χ1) is 12.3. The van der Waals surface area contributed by atoms with Gasteiger partial charge in [-0.3, -0.25) is 4.79 Å². The summed E-state index contributed by atoms with van der Waals surface area (Å²) in [6.45, 7) is 5.88. The predicted molar refractivity (Wildman–Crippen MR) is 106 cm³/mol. The lowest BCUT2D eigenvalue weighted by Crippen LogP contribution is -2.28. The van der Waals surface area contributed by atoms with E-state index in [4.69, 9.17) is 10.5 Å². The maximum atomic E-state index is 13.0. The van der Waals surface area contributed by atoms with Crippen LogP contribution in [0.2, 0.25) is 0 Å². The molecule has 1 aromatic heterocycles. The highest BCUT2D eigenvalue weighted by Crippen LogP contribution is 2.32. The van der Waals surface area contributed by atoms with E-state index in [2.05, 4.69) is 4.98 Å². The van der Waals surface area contributed by atoms with E-state index in [0.717, 1.165) is 11.1 Å². The average molecular weight is 349 g/mol. The van der Waals surface area contributed by atoms with Crippen LogP contribution in [0.25, 0.3) is 10.9 Å². The van der Waals surface area contributed by atoms with Gasteiger partial charge in [-0.1, -0.05) is 24.3 Å². The van der Waals surface area contributed by atoms with E-state index in [9.17, 15) is 4.79 Å². The number of nitrogens with zero attached hydrogens (tertiary/aromatic N) is 2. The van der Waals surface area contributed by atoms with Crippen molar-refractivity contribution in [2.24, 2.45) is 0 Å². The molecule has 3 aromatic rings. The van der Waals surface area contributed by atoms with Gasteiger partial charge in [0.15, 0.2) is 0 Å². The van der Waals surface area contributed by atoms with Crippen LogP contribution in [-0.4, -0.2) is 23.5 Å². The van der Waals surface area contributed by atoms with Crippen LogP contribution in [0.3, 0.4) is 0 Å². The molecule has 5 heteroatoms. The molecule has 5 nitrogen and oxygen atoms in total. The fourth-order valence-corrected chi connectivity index (χ4v) is 2.70. The molecule has 0 aliphatic carbocycles. The first kappa shape index (κ1) is 17.7. The zero-order chi connectivity index (χ0) is 18.9. The molecule has 0 aliphatic rings. The van der Waals surface area contributed by atoms with E-state index in [1.165, 1.54) is 0 Å². The number of anilines is 2. The molecule has 2 aromatic carbocycles. The summed E-state index contributed by atoms with van der Waals surface area (Å²) in [5.41, 5.74) is 7.85. The van der Waals surface area contributed by atoms with Crippen molar-refractivity contribution >= 4 is 28.2 Å². The number of rotatable bonds is 3. The second-order valence-electron chi connectivity index (χ2n) is 7.16. The summed E-state index contributed by atoms with van der Waals surface area (Å²) in [6, 6.07) is 16.6. The van der Waals surface area contributed by atoms with Gasteiger partial charge >= 0.3 is 0 Å². The van der Waals surface area contributed by atoms with E-state index in [1.807, 2.05) is 63.2 Å². The zero-order valence-corrected chi connectivity index (χ0v) is 15.5. The van der Waals surface area contributed by atoms with Crippen molar-refractivity contribution in [1.82, 2.24) is 4.98 Å². The summed E-state index contributed by atoms with van der Waals surface area (Å²) in [6.07, 6.45) is 0. The van der Waals surface area contributed by atoms with Gasteiger partial charge in [0.2, 0.25) is 0 Å². The minimum absolute atomic E-state index is 0.222. The topological polar surface area (TPSA) is 68.5 Å².